The molecule has 1 rings (SSSR count). The molecule has 0 heterocycles. The van der Waals surface area contributed by atoms with Crippen molar-refractivity contribution in [2.45, 2.75) is 39.5 Å². The first-order valence-electron chi connectivity index (χ1n) is 7.25. The topological polar surface area (TPSA) is 63.5 Å². The summed E-state index contributed by atoms with van der Waals surface area (Å²) in [5.41, 5.74) is -0.0217. The number of hydrogen-bond donors (Lipinski definition) is 0. The Morgan fingerprint density at radius 3 is 2.29 bits per heavy atom. The van der Waals surface area contributed by atoms with Crippen LogP contribution < -0.4 is 0 Å². The number of nitro groups is 1. The molecule has 1 aromatic rings. The van der Waals surface area contributed by atoms with Gasteiger partial charge >= 0.3 is 0 Å². The maximum absolute atomic E-state index is 12.6. The molecular weight excluding hydrogens is 292 g/mol. The van der Waals surface area contributed by atoms with Crippen molar-refractivity contribution in [3.05, 3.63) is 38.9 Å². The fraction of sp³-hybridized carbons (Fsp3) is 0.533. The zero-order valence-corrected chi connectivity index (χ0v) is 13.2. The fourth-order valence-electron chi connectivity index (χ4n) is 2.01. The van der Waals surface area contributed by atoms with E-state index in [1.807, 2.05) is 0 Å². The molecule has 0 spiro atoms. The smallest absolute Gasteiger partial charge is 0.288 e. The normalized spacial score (nSPS) is 10.4. The van der Waals surface area contributed by atoms with Crippen molar-refractivity contribution in [1.29, 1.82) is 0 Å². The molecule has 0 atom stereocenters. The van der Waals surface area contributed by atoms with Gasteiger partial charge in [0.1, 0.15) is 5.02 Å². The standard InChI is InChI=1S/C15H21ClN2O3/c1-3-5-10-17(11-6-4-2)15(19)12-8-7-9-13(14(12)16)18(20)21/h7-9H,3-6,10-11H2,1-2H3. The molecule has 0 bridgehead atoms. The van der Waals surface area contributed by atoms with Crippen molar-refractivity contribution in [2.75, 3.05) is 13.1 Å². The number of carbonyl (C=O) groups is 1. The van der Waals surface area contributed by atoms with Crippen LogP contribution in [0.3, 0.4) is 0 Å². The Morgan fingerprint density at radius 2 is 1.81 bits per heavy atom. The fourth-order valence-corrected chi connectivity index (χ4v) is 2.28. The molecule has 0 unspecified atom stereocenters. The molecule has 0 saturated heterocycles. The quantitative estimate of drug-likeness (QED) is 0.531. The highest BCUT2D eigenvalue weighted by Gasteiger charge is 2.23. The van der Waals surface area contributed by atoms with Gasteiger partial charge in [-0.2, -0.15) is 0 Å². The predicted molar refractivity (Wildman–Crippen MR) is 83.8 cm³/mol. The molecule has 0 aromatic heterocycles. The van der Waals surface area contributed by atoms with Crippen molar-refractivity contribution in [3.63, 3.8) is 0 Å². The highest BCUT2D eigenvalue weighted by atomic mass is 35.5. The summed E-state index contributed by atoms with van der Waals surface area (Å²) < 4.78 is 0. The van der Waals surface area contributed by atoms with E-state index in [9.17, 15) is 14.9 Å². The maximum atomic E-state index is 12.6. The molecule has 0 N–H and O–H groups in total. The second kappa shape index (κ2) is 8.62. The molecule has 0 saturated carbocycles. The molecule has 0 fully saturated rings. The van der Waals surface area contributed by atoms with Gasteiger partial charge in [-0.1, -0.05) is 44.4 Å². The van der Waals surface area contributed by atoms with E-state index in [1.165, 1.54) is 12.1 Å². The van der Waals surface area contributed by atoms with Gasteiger partial charge < -0.3 is 4.90 Å². The Hall–Kier alpha value is -1.62. The minimum atomic E-state index is -0.568. The first-order chi connectivity index (χ1) is 10.0. The SMILES string of the molecule is CCCCN(CCCC)C(=O)c1cccc([N+](=O)[O-])c1Cl. The van der Waals surface area contributed by atoms with Crippen LogP contribution in [-0.2, 0) is 0 Å². The Labute approximate surface area is 130 Å². The van der Waals surface area contributed by atoms with E-state index < -0.39 is 4.92 Å². The van der Waals surface area contributed by atoms with Crippen LogP contribution >= 0.6 is 11.6 Å². The lowest BCUT2D eigenvalue weighted by atomic mass is 10.1. The summed E-state index contributed by atoms with van der Waals surface area (Å²) in [6.45, 7) is 5.41. The third-order valence-corrected chi connectivity index (χ3v) is 3.65. The summed E-state index contributed by atoms with van der Waals surface area (Å²) in [7, 11) is 0. The van der Waals surface area contributed by atoms with Crippen LogP contribution in [-0.4, -0.2) is 28.8 Å². The van der Waals surface area contributed by atoms with E-state index in [4.69, 9.17) is 11.6 Å². The van der Waals surface area contributed by atoms with Gasteiger partial charge in [0.25, 0.3) is 11.6 Å². The minimum Gasteiger partial charge on any atom is -0.339 e. The van der Waals surface area contributed by atoms with Crippen LogP contribution in [0.5, 0.6) is 0 Å². The van der Waals surface area contributed by atoms with Gasteiger partial charge in [-0.25, -0.2) is 0 Å². The average molecular weight is 313 g/mol. The van der Waals surface area contributed by atoms with Gasteiger partial charge in [0.05, 0.1) is 10.5 Å². The third kappa shape index (κ3) is 4.70. The van der Waals surface area contributed by atoms with E-state index in [0.717, 1.165) is 25.7 Å². The number of nitro benzene ring substituents is 1. The summed E-state index contributed by atoms with van der Waals surface area (Å²) in [6.07, 6.45) is 3.78. The van der Waals surface area contributed by atoms with Crippen molar-refractivity contribution < 1.29 is 9.72 Å². The Balaban J connectivity index is 3.02. The zero-order chi connectivity index (χ0) is 15.8. The number of carbonyl (C=O) groups excluding carboxylic acids is 1. The van der Waals surface area contributed by atoms with Gasteiger partial charge in [-0.3, -0.25) is 14.9 Å². The molecule has 1 aromatic carbocycles. The van der Waals surface area contributed by atoms with E-state index >= 15 is 0 Å². The number of halogens is 1. The molecule has 5 nitrogen and oxygen atoms in total. The summed E-state index contributed by atoms with van der Waals surface area (Å²) in [5.74, 6) is -0.231. The molecule has 116 valence electrons. The van der Waals surface area contributed by atoms with E-state index in [2.05, 4.69) is 13.8 Å². The van der Waals surface area contributed by atoms with Gasteiger partial charge in [0, 0.05) is 19.2 Å². The number of unbranched alkanes of at least 4 members (excludes halogenated alkanes) is 2. The highest BCUT2D eigenvalue weighted by Crippen LogP contribution is 2.28. The summed E-state index contributed by atoms with van der Waals surface area (Å²) in [4.78, 5) is 24.6. The second-order valence-corrected chi connectivity index (χ2v) is 5.27. The Morgan fingerprint density at radius 1 is 1.24 bits per heavy atom. The summed E-state index contributed by atoms with van der Waals surface area (Å²) in [6, 6.07) is 4.35. The van der Waals surface area contributed by atoms with Crippen molar-refractivity contribution in [3.8, 4) is 0 Å². The second-order valence-electron chi connectivity index (χ2n) is 4.90. The van der Waals surface area contributed by atoms with Crippen LogP contribution in [0.4, 0.5) is 5.69 Å². The summed E-state index contributed by atoms with van der Waals surface area (Å²) in [5, 5.41) is 10.8. The van der Waals surface area contributed by atoms with Gasteiger partial charge in [0.2, 0.25) is 0 Å². The third-order valence-electron chi connectivity index (χ3n) is 3.26. The Bertz CT molecular complexity index is 498. The molecular formula is C15H21ClN2O3. The molecule has 0 radical (unpaired) electrons. The number of nitrogens with zero attached hydrogens (tertiary/aromatic N) is 2. The van der Waals surface area contributed by atoms with Crippen molar-refractivity contribution in [2.24, 2.45) is 0 Å². The van der Waals surface area contributed by atoms with E-state index in [-0.39, 0.29) is 22.2 Å². The molecule has 21 heavy (non-hydrogen) atoms. The average Bonchev–Trinajstić information content (AvgIpc) is 2.46. The van der Waals surface area contributed by atoms with Crippen LogP contribution in [0.25, 0.3) is 0 Å². The molecule has 6 heteroatoms. The zero-order valence-electron chi connectivity index (χ0n) is 12.5. The number of hydrogen-bond acceptors (Lipinski definition) is 3. The first-order valence-corrected chi connectivity index (χ1v) is 7.62. The van der Waals surface area contributed by atoms with Gasteiger partial charge in [0.15, 0.2) is 0 Å². The first kappa shape index (κ1) is 17.4. The lowest BCUT2D eigenvalue weighted by molar-refractivity contribution is -0.384. The van der Waals surface area contributed by atoms with Crippen molar-refractivity contribution in [1.82, 2.24) is 4.90 Å². The largest absolute Gasteiger partial charge is 0.339 e. The number of rotatable bonds is 8. The molecule has 0 aliphatic carbocycles. The number of benzene rings is 1. The highest BCUT2D eigenvalue weighted by molar-refractivity contribution is 6.35. The summed E-state index contributed by atoms with van der Waals surface area (Å²) >= 11 is 6.02. The van der Waals surface area contributed by atoms with Crippen LogP contribution in [0.2, 0.25) is 5.02 Å². The monoisotopic (exact) mass is 312 g/mol. The maximum Gasteiger partial charge on any atom is 0.288 e. The van der Waals surface area contributed by atoms with Crippen LogP contribution in [0.15, 0.2) is 18.2 Å². The lowest BCUT2D eigenvalue weighted by Crippen LogP contribution is -2.33. The predicted octanol–water partition coefficient (Wildman–Crippen LogP) is 4.29. The lowest BCUT2D eigenvalue weighted by Gasteiger charge is -2.22. The van der Waals surface area contributed by atoms with Crippen LogP contribution in [0.1, 0.15) is 49.9 Å². The molecule has 0 aliphatic rings. The van der Waals surface area contributed by atoms with Gasteiger partial charge in [-0.05, 0) is 18.9 Å². The number of amides is 1. The van der Waals surface area contributed by atoms with E-state index in [1.54, 1.807) is 11.0 Å². The molecule has 1 amide bonds. The van der Waals surface area contributed by atoms with Gasteiger partial charge in [-0.15, -0.1) is 0 Å². The molecule has 0 aliphatic heterocycles. The minimum absolute atomic E-state index is 0.0782. The van der Waals surface area contributed by atoms with E-state index in [0.29, 0.717) is 13.1 Å². The van der Waals surface area contributed by atoms with Crippen LogP contribution in [0, 0.1) is 10.1 Å². The van der Waals surface area contributed by atoms with Crippen molar-refractivity contribution >= 4 is 23.2 Å². The Kier molecular flexibility index (Phi) is 7.15.